The number of fused-ring (bicyclic) bond motifs is 1. The van der Waals surface area contributed by atoms with Crippen LogP contribution < -0.4 is 4.74 Å². The monoisotopic (exact) mass is 382 g/mol. The quantitative estimate of drug-likeness (QED) is 0.351. The van der Waals surface area contributed by atoms with Gasteiger partial charge < -0.3 is 9.30 Å². The van der Waals surface area contributed by atoms with E-state index in [9.17, 15) is 0 Å². The van der Waals surface area contributed by atoms with Gasteiger partial charge in [0.2, 0.25) is 0 Å². The van der Waals surface area contributed by atoms with Gasteiger partial charge >= 0.3 is 0 Å². The molecular formula is C26H26N2O. The van der Waals surface area contributed by atoms with Gasteiger partial charge in [-0.15, -0.1) is 0 Å². The first-order chi connectivity index (χ1) is 14.2. The molecule has 4 rings (SSSR count). The number of benzene rings is 3. The van der Waals surface area contributed by atoms with Crippen LogP contribution in [0.25, 0.3) is 23.2 Å². The standard InChI is InChI=1S/C26H26N2O/c1-20-13-14-21(2)25(19-20)29-18-8-17-28-24-12-7-6-11-23(24)27-26(28)16-15-22-9-4-3-5-10-22/h3-7,9-16,19H,8,17-18H2,1-2H3/b16-15+. The lowest BCUT2D eigenvalue weighted by Gasteiger charge is -2.11. The van der Waals surface area contributed by atoms with Crippen molar-refractivity contribution in [3.63, 3.8) is 0 Å². The zero-order valence-electron chi connectivity index (χ0n) is 17.0. The van der Waals surface area contributed by atoms with Gasteiger partial charge in [0.05, 0.1) is 17.6 Å². The first-order valence-corrected chi connectivity index (χ1v) is 10.1. The summed E-state index contributed by atoms with van der Waals surface area (Å²) in [5.41, 5.74) is 5.75. The van der Waals surface area contributed by atoms with Crippen LogP contribution in [0.15, 0.2) is 72.8 Å². The molecule has 0 aliphatic heterocycles. The van der Waals surface area contributed by atoms with E-state index in [0.717, 1.165) is 35.6 Å². The lowest BCUT2D eigenvalue weighted by atomic mass is 10.1. The number of hydrogen-bond donors (Lipinski definition) is 0. The summed E-state index contributed by atoms with van der Waals surface area (Å²) < 4.78 is 8.32. The molecular weight excluding hydrogens is 356 g/mol. The summed E-state index contributed by atoms with van der Waals surface area (Å²) in [4.78, 5) is 4.83. The van der Waals surface area contributed by atoms with Gasteiger partial charge in [-0.05, 0) is 61.2 Å². The van der Waals surface area contributed by atoms with Crippen molar-refractivity contribution in [1.29, 1.82) is 0 Å². The normalized spacial score (nSPS) is 11.4. The summed E-state index contributed by atoms with van der Waals surface area (Å²) in [6.45, 7) is 5.72. The molecule has 146 valence electrons. The molecule has 0 radical (unpaired) electrons. The maximum atomic E-state index is 6.05. The third-order valence-electron chi connectivity index (χ3n) is 5.04. The van der Waals surface area contributed by atoms with Crippen molar-refractivity contribution in [2.75, 3.05) is 6.61 Å². The molecule has 3 nitrogen and oxygen atoms in total. The molecule has 0 bridgehead atoms. The number of aromatic nitrogens is 2. The molecule has 1 heterocycles. The molecule has 0 spiro atoms. The lowest BCUT2D eigenvalue weighted by molar-refractivity contribution is 0.300. The first kappa shape index (κ1) is 19.0. The number of hydrogen-bond acceptors (Lipinski definition) is 2. The van der Waals surface area contributed by atoms with Crippen molar-refractivity contribution in [1.82, 2.24) is 9.55 Å². The molecule has 29 heavy (non-hydrogen) atoms. The van der Waals surface area contributed by atoms with Crippen molar-refractivity contribution in [2.45, 2.75) is 26.8 Å². The van der Waals surface area contributed by atoms with Crippen LogP contribution >= 0.6 is 0 Å². The zero-order valence-corrected chi connectivity index (χ0v) is 17.0. The molecule has 0 saturated heterocycles. The summed E-state index contributed by atoms with van der Waals surface area (Å²) in [6, 6.07) is 25.0. The highest BCUT2D eigenvalue weighted by Gasteiger charge is 2.08. The van der Waals surface area contributed by atoms with Crippen LogP contribution in [0.1, 0.15) is 28.9 Å². The molecule has 1 aromatic heterocycles. The van der Waals surface area contributed by atoms with E-state index in [1.165, 1.54) is 16.7 Å². The molecule has 0 atom stereocenters. The van der Waals surface area contributed by atoms with Gasteiger partial charge in [0.1, 0.15) is 11.6 Å². The Bertz CT molecular complexity index is 1130. The second-order valence-electron chi connectivity index (χ2n) is 7.33. The average molecular weight is 383 g/mol. The molecule has 3 aromatic carbocycles. The summed E-state index contributed by atoms with van der Waals surface area (Å²) in [6.07, 6.45) is 5.13. The van der Waals surface area contributed by atoms with Crippen LogP contribution in [-0.2, 0) is 6.54 Å². The Balaban J connectivity index is 1.50. The summed E-state index contributed by atoms with van der Waals surface area (Å²) in [7, 11) is 0. The molecule has 4 aromatic rings. The van der Waals surface area contributed by atoms with Gasteiger partial charge in [0.25, 0.3) is 0 Å². The highest BCUT2D eigenvalue weighted by atomic mass is 16.5. The van der Waals surface area contributed by atoms with Crippen molar-refractivity contribution in [2.24, 2.45) is 0 Å². The van der Waals surface area contributed by atoms with Crippen molar-refractivity contribution < 1.29 is 4.74 Å². The van der Waals surface area contributed by atoms with E-state index < -0.39 is 0 Å². The first-order valence-electron chi connectivity index (χ1n) is 10.1. The Morgan fingerprint density at radius 3 is 2.55 bits per heavy atom. The summed E-state index contributed by atoms with van der Waals surface area (Å²) in [5.74, 6) is 1.95. The van der Waals surface area contributed by atoms with E-state index in [2.05, 4.69) is 79.1 Å². The third-order valence-corrected chi connectivity index (χ3v) is 5.04. The fraction of sp³-hybridized carbons (Fsp3) is 0.192. The minimum absolute atomic E-state index is 0.679. The number of aryl methyl sites for hydroxylation is 3. The summed E-state index contributed by atoms with van der Waals surface area (Å²) >= 11 is 0. The fourth-order valence-corrected chi connectivity index (χ4v) is 3.46. The number of imidazole rings is 1. The van der Waals surface area contributed by atoms with E-state index in [-0.39, 0.29) is 0 Å². The van der Waals surface area contributed by atoms with Crippen molar-refractivity contribution >= 4 is 23.2 Å². The molecule has 0 unspecified atom stereocenters. The van der Waals surface area contributed by atoms with Crippen LogP contribution in [0.2, 0.25) is 0 Å². The summed E-state index contributed by atoms with van der Waals surface area (Å²) in [5, 5.41) is 0. The predicted octanol–water partition coefficient (Wildman–Crippen LogP) is 6.29. The molecule has 0 aliphatic rings. The molecule has 3 heteroatoms. The fourth-order valence-electron chi connectivity index (χ4n) is 3.46. The Hall–Kier alpha value is -3.33. The topological polar surface area (TPSA) is 27.1 Å². The van der Waals surface area contributed by atoms with Crippen molar-refractivity contribution in [3.05, 3.63) is 95.3 Å². The Morgan fingerprint density at radius 1 is 0.897 bits per heavy atom. The third kappa shape index (κ3) is 4.57. The smallest absolute Gasteiger partial charge is 0.133 e. The van der Waals surface area contributed by atoms with Crippen LogP contribution in [0.5, 0.6) is 5.75 Å². The average Bonchev–Trinajstić information content (AvgIpc) is 3.10. The van der Waals surface area contributed by atoms with Gasteiger partial charge in [0.15, 0.2) is 0 Å². The van der Waals surface area contributed by atoms with Gasteiger partial charge in [0, 0.05) is 6.54 Å². The number of para-hydroxylation sites is 2. The number of nitrogens with zero attached hydrogens (tertiary/aromatic N) is 2. The zero-order chi connectivity index (χ0) is 20.1. The van der Waals surface area contributed by atoms with Gasteiger partial charge in [-0.2, -0.15) is 0 Å². The minimum atomic E-state index is 0.679. The van der Waals surface area contributed by atoms with Crippen LogP contribution in [0.4, 0.5) is 0 Å². The Kier molecular flexibility index (Phi) is 5.76. The predicted molar refractivity (Wildman–Crippen MR) is 121 cm³/mol. The Labute approximate surface area is 172 Å². The van der Waals surface area contributed by atoms with Crippen LogP contribution in [-0.4, -0.2) is 16.2 Å². The number of rotatable bonds is 7. The maximum absolute atomic E-state index is 6.05. The van der Waals surface area contributed by atoms with Gasteiger partial charge in [-0.3, -0.25) is 0 Å². The lowest BCUT2D eigenvalue weighted by Crippen LogP contribution is -2.06. The highest BCUT2D eigenvalue weighted by molar-refractivity contribution is 5.79. The molecule has 0 fully saturated rings. The number of ether oxygens (including phenoxy) is 1. The second-order valence-corrected chi connectivity index (χ2v) is 7.33. The molecule has 0 saturated carbocycles. The van der Waals surface area contributed by atoms with Crippen LogP contribution in [0.3, 0.4) is 0 Å². The minimum Gasteiger partial charge on any atom is -0.493 e. The van der Waals surface area contributed by atoms with Crippen molar-refractivity contribution in [3.8, 4) is 5.75 Å². The molecule has 0 N–H and O–H groups in total. The van der Waals surface area contributed by atoms with Gasteiger partial charge in [-0.1, -0.05) is 60.7 Å². The molecule has 0 aliphatic carbocycles. The molecule has 0 amide bonds. The Morgan fingerprint density at radius 2 is 1.69 bits per heavy atom. The SMILES string of the molecule is Cc1ccc(C)c(OCCCn2c(/C=C/c3ccccc3)nc3ccccc32)c1. The highest BCUT2D eigenvalue weighted by Crippen LogP contribution is 2.21. The van der Waals surface area contributed by atoms with Gasteiger partial charge in [-0.25, -0.2) is 4.98 Å². The maximum Gasteiger partial charge on any atom is 0.133 e. The van der Waals surface area contributed by atoms with E-state index >= 15 is 0 Å². The van der Waals surface area contributed by atoms with Crippen LogP contribution in [0, 0.1) is 13.8 Å². The second kappa shape index (κ2) is 8.78. The largest absolute Gasteiger partial charge is 0.493 e. The van der Waals surface area contributed by atoms with E-state index in [0.29, 0.717) is 6.61 Å². The van der Waals surface area contributed by atoms with E-state index in [1.807, 2.05) is 24.3 Å². The van der Waals surface area contributed by atoms with E-state index in [4.69, 9.17) is 9.72 Å². The van der Waals surface area contributed by atoms with E-state index in [1.54, 1.807) is 0 Å².